The summed E-state index contributed by atoms with van der Waals surface area (Å²) in [6.45, 7) is 1.64. The molecule has 1 N–H and O–H groups in total. The van der Waals surface area contributed by atoms with Crippen LogP contribution in [0.1, 0.15) is 11.1 Å². The zero-order valence-electron chi connectivity index (χ0n) is 13.7. The van der Waals surface area contributed by atoms with E-state index in [4.69, 9.17) is 0 Å². The van der Waals surface area contributed by atoms with Crippen molar-refractivity contribution in [1.82, 2.24) is 9.55 Å². The third kappa shape index (κ3) is 3.59. The van der Waals surface area contributed by atoms with Gasteiger partial charge in [-0.2, -0.15) is 0 Å². The second kappa shape index (κ2) is 7.11. The van der Waals surface area contributed by atoms with Gasteiger partial charge in [-0.1, -0.05) is 46.3 Å². The van der Waals surface area contributed by atoms with Gasteiger partial charge in [0, 0.05) is 47.1 Å². The van der Waals surface area contributed by atoms with Crippen molar-refractivity contribution in [3.05, 3.63) is 94.9 Å². The summed E-state index contributed by atoms with van der Waals surface area (Å²) < 4.78 is 3.42. The fourth-order valence-electron chi connectivity index (χ4n) is 3.05. The number of fused-ring (bicyclic) bond motifs is 1. The lowest BCUT2D eigenvalue weighted by molar-refractivity contribution is 0.831. The molecule has 0 radical (unpaired) electrons. The largest absolute Gasteiger partial charge is 0.380 e. The predicted octanol–water partition coefficient (Wildman–Crippen LogP) is 5.46. The number of rotatable bonds is 5. The number of anilines is 1. The molecular weight excluding hydrogens is 374 g/mol. The van der Waals surface area contributed by atoms with E-state index in [2.05, 4.69) is 85.5 Å². The first-order valence-electron chi connectivity index (χ1n) is 8.25. The zero-order chi connectivity index (χ0) is 17.1. The molecule has 4 aromatic rings. The van der Waals surface area contributed by atoms with E-state index in [-0.39, 0.29) is 0 Å². The first-order chi connectivity index (χ1) is 12.3. The van der Waals surface area contributed by atoms with E-state index in [1.54, 1.807) is 6.20 Å². The topological polar surface area (TPSA) is 29.9 Å². The third-order valence-electron chi connectivity index (χ3n) is 4.28. The lowest BCUT2D eigenvalue weighted by Gasteiger charge is -2.06. The van der Waals surface area contributed by atoms with E-state index in [1.807, 2.05) is 18.3 Å². The summed E-state index contributed by atoms with van der Waals surface area (Å²) in [5.41, 5.74) is 4.87. The molecule has 0 bridgehead atoms. The summed E-state index contributed by atoms with van der Waals surface area (Å²) in [6, 6.07) is 21.0. The van der Waals surface area contributed by atoms with Crippen LogP contribution in [0.3, 0.4) is 0 Å². The van der Waals surface area contributed by atoms with Crippen LogP contribution in [0.2, 0.25) is 0 Å². The molecular formula is C21H18BrN3. The van der Waals surface area contributed by atoms with Crippen LogP contribution in [0.25, 0.3) is 10.9 Å². The number of nitrogens with one attached hydrogen (secondary N) is 1. The van der Waals surface area contributed by atoms with Gasteiger partial charge in [-0.25, -0.2) is 0 Å². The van der Waals surface area contributed by atoms with Gasteiger partial charge in [-0.15, -0.1) is 0 Å². The average Bonchev–Trinajstić information content (AvgIpc) is 3.01. The van der Waals surface area contributed by atoms with Gasteiger partial charge >= 0.3 is 0 Å². The SMILES string of the molecule is Brc1ccc(Cn2cc(CNc3cccnc3)c3ccccc32)cc1. The summed E-state index contributed by atoms with van der Waals surface area (Å²) in [4.78, 5) is 4.16. The number of benzene rings is 2. The molecule has 0 fully saturated rings. The van der Waals surface area contributed by atoms with Crippen LogP contribution in [0.15, 0.2) is 83.7 Å². The molecule has 0 aliphatic rings. The molecule has 3 nitrogen and oxygen atoms in total. The standard InChI is InChI=1S/C21H18BrN3/c22-18-9-7-16(8-10-18)14-25-15-17(20-5-1-2-6-21(20)25)12-24-19-4-3-11-23-13-19/h1-11,13,15,24H,12,14H2. The highest BCUT2D eigenvalue weighted by atomic mass is 79.9. The zero-order valence-corrected chi connectivity index (χ0v) is 15.3. The maximum absolute atomic E-state index is 4.16. The van der Waals surface area contributed by atoms with Crippen LogP contribution in [-0.2, 0) is 13.1 Å². The van der Waals surface area contributed by atoms with Crippen molar-refractivity contribution in [2.45, 2.75) is 13.1 Å². The smallest absolute Gasteiger partial charge is 0.0529 e. The van der Waals surface area contributed by atoms with Crippen LogP contribution in [0.5, 0.6) is 0 Å². The fraction of sp³-hybridized carbons (Fsp3) is 0.0952. The number of hydrogen-bond donors (Lipinski definition) is 1. The lowest BCUT2D eigenvalue weighted by atomic mass is 10.2. The Morgan fingerprint density at radius 1 is 0.960 bits per heavy atom. The normalized spacial score (nSPS) is 10.9. The van der Waals surface area contributed by atoms with Gasteiger partial charge in [0.15, 0.2) is 0 Å². The minimum Gasteiger partial charge on any atom is -0.380 e. The molecule has 0 unspecified atom stereocenters. The highest BCUT2D eigenvalue weighted by Gasteiger charge is 2.08. The minimum atomic E-state index is 0.777. The van der Waals surface area contributed by atoms with Gasteiger partial charge in [-0.05, 0) is 41.5 Å². The summed E-state index contributed by atoms with van der Waals surface area (Å²) in [5.74, 6) is 0. The molecule has 124 valence electrons. The Balaban J connectivity index is 1.63. The van der Waals surface area contributed by atoms with E-state index < -0.39 is 0 Å². The highest BCUT2D eigenvalue weighted by molar-refractivity contribution is 9.10. The molecule has 0 saturated heterocycles. The first-order valence-corrected chi connectivity index (χ1v) is 9.04. The van der Waals surface area contributed by atoms with Crippen LogP contribution in [0, 0.1) is 0 Å². The molecule has 2 aromatic carbocycles. The number of aromatic nitrogens is 2. The number of halogens is 1. The van der Waals surface area contributed by atoms with Gasteiger partial charge in [0.25, 0.3) is 0 Å². The molecule has 0 amide bonds. The maximum atomic E-state index is 4.16. The molecule has 2 heterocycles. The van der Waals surface area contributed by atoms with Gasteiger partial charge < -0.3 is 9.88 Å². The van der Waals surface area contributed by atoms with E-state index in [0.29, 0.717) is 0 Å². The molecule has 0 spiro atoms. The summed E-state index contributed by atoms with van der Waals surface area (Å²) in [6.07, 6.45) is 5.88. The van der Waals surface area contributed by atoms with Crippen LogP contribution in [0.4, 0.5) is 5.69 Å². The quantitative estimate of drug-likeness (QED) is 0.489. The van der Waals surface area contributed by atoms with Crippen molar-refractivity contribution in [3.8, 4) is 0 Å². The van der Waals surface area contributed by atoms with Crippen molar-refractivity contribution in [2.24, 2.45) is 0 Å². The average molecular weight is 392 g/mol. The van der Waals surface area contributed by atoms with Gasteiger partial charge in [0.05, 0.1) is 5.69 Å². The minimum absolute atomic E-state index is 0.777. The molecule has 25 heavy (non-hydrogen) atoms. The summed E-state index contributed by atoms with van der Waals surface area (Å²) in [7, 11) is 0. The van der Waals surface area contributed by atoms with E-state index >= 15 is 0 Å². The van der Waals surface area contributed by atoms with Crippen LogP contribution >= 0.6 is 15.9 Å². The van der Waals surface area contributed by atoms with Crippen molar-refractivity contribution in [3.63, 3.8) is 0 Å². The monoisotopic (exact) mass is 391 g/mol. The second-order valence-corrected chi connectivity index (χ2v) is 6.94. The van der Waals surface area contributed by atoms with Crippen molar-refractivity contribution in [2.75, 3.05) is 5.32 Å². The number of para-hydroxylation sites is 1. The number of pyridine rings is 1. The molecule has 2 aromatic heterocycles. The lowest BCUT2D eigenvalue weighted by Crippen LogP contribution is -2.00. The Hall–Kier alpha value is -2.59. The first kappa shape index (κ1) is 15.9. The van der Waals surface area contributed by atoms with E-state index in [0.717, 1.165) is 23.2 Å². The Morgan fingerprint density at radius 3 is 2.60 bits per heavy atom. The highest BCUT2D eigenvalue weighted by Crippen LogP contribution is 2.23. The third-order valence-corrected chi connectivity index (χ3v) is 4.81. The van der Waals surface area contributed by atoms with Crippen molar-refractivity contribution >= 4 is 32.5 Å². The Bertz CT molecular complexity index is 975. The van der Waals surface area contributed by atoms with E-state index in [1.165, 1.54) is 22.0 Å². The van der Waals surface area contributed by atoms with Gasteiger partial charge in [0.2, 0.25) is 0 Å². The molecule has 4 heteroatoms. The van der Waals surface area contributed by atoms with E-state index in [9.17, 15) is 0 Å². The van der Waals surface area contributed by atoms with Gasteiger partial charge in [-0.3, -0.25) is 4.98 Å². The molecule has 0 aliphatic carbocycles. The molecule has 0 aliphatic heterocycles. The summed E-state index contributed by atoms with van der Waals surface area (Å²) in [5, 5.41) is 4.74. The fourth-order valence-corrected chi connectivity index (χ4v) is 3.31. The summed E-state index contributed by atoms with van der Waals surface area (Å²) >= 11 is 3.50. The maximum Gasteiger partial charge on any atom is 0.0529 e. The second-order valence-electron chi connectivity index (χ2n) is 6.02. The Labute approximate surface area is 155 Å². The van der Waals surface area contributed by atoms with Crippen molar-refractivity contribution < 1.29 is 0 Å². The van der Waals surface area contributed by atoms with Gasteiger partial charge in [0.1, 0.15) is 0 Å². The van der Waals surface area contributed by atoms with Crippen molar-refractivity contribution in [1.29, 1.82) is 0 Å². The Morgan fingerprint density at radius 2 is 1.80 bits per heavy atom. The Kier molecular flexibility index (Phi) is 4.53. The molecule has 0 saturated carbocycles. The van der Waals surface area contributed by atoms with Crippen LogP contribution < -0.4 is 5.32 Å². The number of hydrogen-bond acceptors (Lipinski definition) is 2. The molecule has 4 rings (SSSR count). The molecule has 0 atom stereocenters. The predicted molar refractivity (Wildman–Crippen MR) is 107 cm³/mol. The number of nitrogens with zero attached hydrogens (tertiary/aromatic N) is 2. The van der Waals surface area contributed by atoms with Crippen LogP contribution in [-0.4, -0.2) is 9.55 Å².